The summed E-state index contributed by atoms with van der Waals surface area (Å²) in [6, 6.07) is 0.431. The van der Waals surface area contributed by atoms with Gasteiger partial charge in [0.15, 0.2) is 0 Å². The molecule has 0 spiro atoms. The van der Waals surface area contributed by atoms with E-state index in [-0.39, 0.29) is 11.3 Å². The third-order valence-electron chi connectivity index (χ3n) is 11.1. The molecule has 5 rings (SSSR count). The van der Waals surface area contributed by atoms with Gasteiger partial charge < -0.3 is 14.7 Å². The number of methoxy groups -OCH3 is 1. The van der Waals surface area contributed by atoms with Crippen LogP contribution in [-0.4, -0.2) is 47.8 Å². The molecule has 4 saturated carbocycles. The Bertz CT molecular complexity index is 696. The second-order valence-corrected chi connectivity index (χ2v) is 12.7. The first-order valence-corrected chi connectivity index (χ1v) is 13.9. The fraction of sp³-hybridized carbons (Fsp3) is 0.964. The van der Waals surface area contributed by atoms with Crippen molar-refractivity contribution in [3.05, 3.63) is 0 Å². The number of amides is 1. The molecule has 182 valence electrons. The van der Waals surface area contributed by atoms with Crippen LogP contribution in [0.5, 0.6) is 0 Å². The van der Waals surface area contributed by atoms with E-state index in [1.165, 1.54) is 64.2 Å². The van der Waals surface area contributed by atoms with Crippen molar-refractivity contribution in [2.24, 2.45) is 40.9 Å². The molecule has 9 atom stereocenters. The second kappa shape index (κ2) is 8.87. The van der Waals surface area contributed by atoms with E-state index < -0.39 is 5.60 Å². The average Bonchev–Trinajstić information content (AvgIpc) is 2.77. The Kier molecular flexibility index (Phi) is 6.42. The quantitative estimate of drug-likeness (QED) is 0.631. The van der Waals surface area contributed by atoms with Gasteiger partial charge in [0.2, 0.25) is 5.91 Å². The van der Waals surface area contributed by atoms with Crippen LogP contribution < -0.4 is 0 Å². The highest BCUT2D eigenvalue weighted by Crippen LogP contribution is 2.63. The number of rotatable bonds is 3. The number of piperidine rings is 1. The second-order valence-electron chi connectivity index (χ2n) is 12.7. The van der Waals surface area contributed by atoms with E-state index in [1.807, 2.05) is 0 Å². The van der Waals surface area contributed by atoms with Gasteiger partial charge in [-0.1, -0.05) is 13.3 Å². The van der Waals surface area contributed by atoms with E-state index in [9.17, 15) is 9.90 Å². The van der Waals surface area contributed by atoms with E-state index in [4.69, 9.17) is 4.74 Å². The largest absolute Gasteiger partial charge is 0.387 e. The number of aliphatic hydroxyl groups is 1. The highest BCUT2D eigenvalue weighted by Gasteiger charge is 2.58. The molecule has 0 aromatic rings. The van der Waals surface area contributed by atoms with E-state index in [0.29, 0.717) is 24.5 Å². The molecular weight excluding hydrogens is 398 g/mol. The highest BCUT2D eigenvalue weighted by atomic mass is 16.5. The zero-order valence-electron chi connectivity index (χ0n) is 20.9. The zero-order valence-corrected chi connectivity index (χ0v) is 20.9. The summed E-state index contributed by atoms with van der Waals surface area (Å²) in [7, 11) is 1.72. The molecule has 1 aliphatic heterocycles. The number of fused-ring (bicyclic) bond motifs is 5. The van der Waals surface area contributed by atoms with Crippen molar-refractivity contribution in [2.45, 2.75) is 109 Å². The molecule has 1 heterocycles. The Balaban J connectivity index is 1.32. The predicted molar refractivity (Wildman–Crippen MR) is 127 cm³/mol. The number of carbonyl (C=O) groups is 1. The minimum Gasteiger partial charge on any atom is -0.387 e. The summed E-state index contributed by atoms with van der Waals surface area (Å²) in [6.45, 7) is 6.25. The zero-order chi connectivity index (χ0) is 22.5. The van der Waals surface area contributed by atoms with Crippen LogP contribution in [0.4, 0.5) is 0 Å². The van der Waals surface area contributed by atoms with Crippen molar-refractivity contribution in [1.29, 1.82) is 0 Å². The Morgan fingerprint density at radius 1 is 0.969 bits per heavy atom. The molecule has 0 aromatic heterocycles. The van der Waals surface area contributed by atoms with Crippen LogP contribution >= 0.6 is 0 Å². The first kappa shape index (κ1) is 23.1. The van der Waals surface area contributed by atoms with Crippen LogP contribution in [0.1, 0.15) is 97.3 Å². The molecule has 4 nitrogen and oxygen atoms in total. The molecule has 0 aromatic carbocycles. The number of hydrogen-bond donors (Lipinski definition) is 1. The maximum Gasteiger partial charge on any atom is 0.226 e. The van der Waals surface area contributed by atoms with E-state index in [1.54, 1.807) is 7.11 Å². The molecular formula is C28H47NO3. The molecule has 1 amide bonds. The summed E-state index contributed by atoms with van der Waals surface area (Å²) in [5, 5.41) is 11.0. The molecule has 0 bridgehead atoms. The summed E-state index contributed by atoms with van der Waals surface area (Å²) < 4.78 is 5.36. The normalized spacial score (nSPS) is 49.0. The van der Waals surface area contributed by atoms with Crippen LogP contribution in [0, 0.1) is 40.9 Å². The SMILES string of the molecule is COC[C@@]1(O)CC[C@H]2[C@H](CC[C@@H]3[C@@H]2CC[C@]2(C)[C@@H](C(=O)N4CCCC[C@@H]4C)CCC[C@@H]32)C1. The van der Waals surface area contributed by atoms with Crippen LogP contribution in [0.2, 0.25) is 0 Å². The Hall–Kier alpha value is -0.610. The molecule has 0 unspecified atom stereocenters. The predicted octanol–water partition coefficient (Wildman–Crippen LogP) is 5.42. The summed E-state index contributed by atoms with van der Waals surface area (Å²) >= 11 is 0. The Morgan fingerprint density at radius 2 is 1.78 bits per heavy atom. The first-order valence-electron chi connectivity index (χ1n) is 13.9. The third kappa shape index (κ3) is 3.85. The summed E-state index contributed by atoms with van der Waals surface area (Å²) in [5.41, 5.74) is -0.397. The summed E-state index contributed by atoms with van der Waals surface area (Å²) in [5.74, 6) is 4.56. The summed E-state index contributed by atoms with van der Waals surface area (Å²) in [6.07, 6.45) is 15.5. The molecule has 4 aliphatic carbocycles. The van der Waals surface area contributed by atoms with Crippen molar-refractivity contribution in [1.82, 2.24) is 4.90 Å². The molecule has 5 aliphatic rings. The average molecular weight is 446 g/mol. The standard InChI is InChI=1S/C28H47NO3/c1-19-7-4-5-16-29(19)26(30)25-9-6-8-24-23-11-10-20-17-28(31,18-32-3)15-13-21(20)22(23)12-14-27(24,25)2/h19-25,31H,4-18H2,1-3H3/t19-,20+,21-,22+,23+,24-,25+,27-,28+/m0/s1. The maximum absolute atomic E-state index is 13.8. The smallest absolute Gasteiger partial charge is 0.226 e. The Labute approximate surface area is 195 Å². The van der Waals surface area contributed by atoms with Crippen molar-refractivity contribution >= 4 is 5.91 Å². The van der Waals surface area contributed by atoms with Crippen molar-refractivity contribution in [3.63, 3.8) is 0 Å². The van der Waals surface area contributed by atoms with Gasteiger partial charge in [0.1, 0.15) is 0 Å². The van der Waals surface area contributed by atoms with Crippen LogP contribution in [0.25, 0.3) is 0 Å². The van der Waals surface area contributed by atoms with Crippen molar-refractivity contribution < 1.29 is 14.6 Å². The number of nitrogens with zero attached hydrogens (tertiary/aromatic N) is 1. The van der Waals surface area contributed by atoms with E-state index in [2.05, 4.69) is 18.7 Å². The van der Waals surface area contributed by atoms with Gasteiger partial charge in [-0.2, -0.15) is 0 Å². The molecule has 1 saturated heterocycles. The fourth-order valence-electron chi connectivity index (χ4n) is 9.59. The lowest BCUT2D eigenvalue weighted by Crippen LogP contribution is -2.57. The first-order chi connectivity index (χ1) is 15.4. The fourth-order valence-corrected chi connectivity index (χ4v) is 9.59. The van der Waals surface area contributed by atoms with Gasteiger partial charge in [0.25, 0.3) is 0 Å². The number of ether oxygens (including phenoxy) is 1. The van der Waals surface area contributed by atoms with Gasteiger partial charge in [0.05, 0.1) is 12.2 Å². The third-order valence-corrected chi connectivity index (χ3v) is 11.1. The van der Waals surface area contributed by atoms with Gasteiger partial charge in [0, 0.05) is 25.6 Å². The minimum atomic E-state index is -0.598. The van der Waals surface area contributed by atoms with Gasteiger partial charge in [-0.15, -0.1) is 0 Å². The maximum atomic E-state index is 13.8. The van der Waals surface area contributed by atoms with Gasteiger partial charge in [-0.3, -0.25) is 4.79 Å². The number of carbonyl (C=O) groups excluding carboxylic acids is 1. The van der Waals surface area contributed by atoms with Gasteiger partial charge >= 0.3 is 0 Å². The lowest BCUT2D eigenvalue weighted by Gasteiger charge is -2.61. The molecule has 0 radical (unpaired) electrons. The van der Waals surface area contributed by atoms with Crippen molar-refractivity contribution in [3.8, 4) is 0 Å². The minimum absolute atomic E-state index is 0.200. The Morgan fingerprint density at radius 3 is 2.56 bits per heavy atom. The van der Waals surface area contributed by atoms with Crippen LogP contribution in [0.15, 0.2) is 0 Å². The lowest BCUT2D eigenvalue weighted by atomic mass is 9.44. The number of hydrogen-bond acceptors (Lipinski definition) is 3. The number of likely N-dealkylation sites (tertiary alicyclic amines) is 1. The van der Waals surface area contributed by atoms with E-state index in [0.717, 1.165) is 49.5 Å². The lowest BCUT2D eigenvalue weighted by molar-refractivity contribution is -0.163. The topological polar surface area (TPSA) is 49.8 Å². The highest BCUT2D eigenvalue weighted by molar-refractivity contribution is 5.80. The molecule has 4 heteroatoms. The van der Waals surface area contributed by atoms with Gasteiger partial charge in [-0.05, 0) is 119 Å². The van der Waals surface area contributed by atoms with Gasteiger partial charge in [-0.25, -0.2) is 0 Å². The molecule has 5 fully saturated rings. The van der Waals surface area contributed by atoms with Crippen molar-refractivity contribution in [2.75, 3.05) is 20.3 Å². The molecule has 1 N–H and O–H groups in total. The van der Waals surface area contributed by atoms with E-state index >= 15 is 0 Å². The van der Waals surface area contributed by atoms with Crippen LogP contribution in [0.3, 0.4) is 0 Å². The summed E-state index contributed by atoms with van der Waals surface area (Å²) in [4.78, 5) is 16.1. The van der Waals surface area contributed by atoms with Crippen LogP contribution in [-0.2, 0) is 9.53 Å². The monoisotopic (exact) mass is 445 g/mol. The molecule has 32 heavy (non-hydrogen) atoms.